The third-order valence-electron chi connectivity index (χ3n) is 10.4. The molecule has 2 fully saturated rings. The average Bonchev–Trinajstić information content (AvgIpc) is 3.09. The number of nitrogens with one attached hydrogen (secondary N) is 2. The van der Waals surface area contributed by atoms with Crippen molar-refractivity contribution in [1.29, 1.82) is 0 Å². The van der Waals surface area contributed by atoms with Gasteiger partial charge in [-0.2, -0.15) is 0 Å². The van der Waals surface area contributed by atoms with Gasteiger partial charge in [0.2, 0.25) is 0 Å². The first-order chi connectivity index (χ1) is 25.4. The predicted octanol–water partition coefficient (Wildman–Crippen LogP) is 12.7. The molecule has 310 valence electrons. The zero-order valence-corrected chi connectivity index (χ0v) is 38.4. The molecule has 0 amide bonds. The Morgan fingerprint density at radius 3 is 1.62 bits per heavy atom. The summed E-state index contributed by atoms with van der Waals surface area (Å²) in [5.74, 6) is 0.894. The van der Waals surface area contributed by atoms with E-state index in [0.29, 0.717) is 10.4 Å². The van der Waals surface area contributed by atoms with E-state index < -0.39 is 14.6 Å². The Bertz CT molecular complexity index is 1580. The Labute approximate surface area is 339 Å². The van der Waals surface area contributed by atoms with Crippen molar-refractivity contribution >= 4 is 15.5 Å². The fraction of sp³-hybridized carbons (Fsp3) is 0.633. The molecule has 0 bridgehead atoms. The van der Waals surface area contributed by atoms with Gasteiger partial charge in [0.05, 0.1) is 9.64 Å². The van der Waals surface area contributed by atoms with Crippen molar-refractivity contribution in [2.75, 3.05) is 12.4 Å². The minimum Gasteiger partial charge on any atom is -0.380 e. The molecule has 6 heteroatoms. The first kappa shape index (κ1) is 48.5. The maximum Gasteiger partial charge on any atom is 0.183 e. The number of nitrogens with zero attached hydrogens (tertiary/aromatic N) is 1. The van der Waals surface area contributed by atoms with E-state index in [0.717, 1.165) is 18.0 Å². The Morgan fingerprint density at radius 1 is 0.636 bits per heavy atom. The molecule has 0 unspecified atom stereocenters. The monoisotopic (exact) mass is 776 g/mol. The molecular weight excluding hydrogens is 695 g/mol. The maximum absolute atomic E-state index is 11.9. The Hall–Kier alpha value is -2.67. The molecule has 55 heavy (non-hydrogen) atoms. The quantitative estimate of drug-likeness (QED) is 0.261. The molecular formula is C49H81N3O2S. The molecule has 2 N–H and O–H groups in total. The highest BCUT2D eigenvalue weighted by molar-refractivity contribution is 7.92. The van der Waals surface area contributed by atoms with E-state index in [1.54, 1.807) is 45.0 Å². The summed E-state index contributed by atoms with van der Waals surface area (Å²) in [4.78, 5) is 2.94. The van der Waals surface area contributed by atoms with Crippen LogP contribution in [-0.2, 0) is 16.3 Å². The zero-order chi connectivity index (χ0) is 41.5. The molecule has 0 aliphatic heterocycles. The largest absolute Gasteiger partial charge is 0.380 e. The number of benzene rings is 3. The van der Waals surface area contributed by atoms with E-state index >= 15 is 0 Å². The number of hydrogen-bond acceptors (Lipinski definition) is 5. The minimum atomic E-state index is -3.18. The van der Waals surface area contributed by atoms with E-state index in [-0.39, 0.29) is 11.1 Å². The standard InChI is InChI=1S/C17H27N.C11H17N.C11H23N.C10H14O2S/c1-17(2,3)18-16-11-9-15(10-12-16)13-14-7-5-4-6-8-14;1-9-6-5-7-10(8-9)12-11(2,3)4;1-11(2,3)12(4)10-8-6-5-7-9-10;1-10(2,3)13(11,12)9-7-5-4-6-8-9/h4-8,15-16,18H,9-13H2,1-3H3;5-8,12H,1-4H3;10H,5-9H2,1-4H3;4-8H,1-3H3. The number of anilines is 1. The van der Waals surface area contributed by atoms with Crippen molar-refractivity contribution in [1.82, 2.24) is 10.2 Å². The van der Waals surface area contributed by atoms with Crippen molar-refractivity contribution < 1.29 is 8.42 Å². The molecule has 0 spiro atoms. The molecule has 3 aromatic carbocycles. The first-order valence-corrected chi connectivity index (χ1v) is 22.5. The molecule has 2 aliphatic rings. The van der Waals surface area contributed by atoms with Gasteiger partial charge in [0.15, 0.2) is 9.84 Å². The SMILES string of the molecule is CC(C)(C)NC1CCC(Cc2ccccc2)CC1.CC(C)(C)S(=O)(=O)c1ccccc1.CN(C1CCCCC1)C(C)(C)C.Cc1cccc(NC(C)(C)C)c1. The molecule has 3 aromatic rings. The second-order valence-corrected chi connectivity index (χ2v) is 22.8. The van der Waals surface area contributed by atoms with Crippen molar-refractivity contribution in [3.05, 3.63) is 96.1 Å². The molecule has 0 saturated heterocycles. The number of hydrogen-bond donors (Lipinski definition) is 2. The van der Waals surface area contributed by atoms with E-state index in [2.05, 4.69) is 146 Å². The normalized spacial score (nSPS) is 18.5. The van der Waals surface area contributed by atoms with Crippen molar-refractivity contribution in [2.45, 2.75) is 193 Å². The molecule has 0 aromatic heterocycles. The topological polar surface area (TPSA) is 61.4 Å². The van der Waals surface area contributed by atoms with Crippen LogP contribution in [0.4, 0.5) is 5.69 Å². The second-order valence-electron chi connectivity index (χ2n) is 20.0. The highest BCUT2D eigenvalue weighted by Gasteiger charge is 2.30. The van der Waals surface area contributed by atoms with Crippen LogP contribution in [0, 0.1) is 12.8 Å². The van der Waals surface area contributed by atoms with E-state index in [1.165, 1.54) is 81.0 Å². The summed E-state index contributed by atoms with van der Waals surface area (Å²) in [5, 5.41) is 7.16. The first-order valence-electron chi connectivity index (χ1n) is 21.1. The molecule has 2 saturated carbocycles. The fourth-order valence-electron chi connectivity index (χ4n) is 7.20. The van der Waals surface area contributed by atoms with E-state index in [9.17, 15) is 8.42 Å². The van der Waals surface area contributed by atoms with Crippen molar-refractivity contribution in [3.8, 4) is 0 Å². The predicted molar refractivity (Wildman–Crippen MR) is 241 cm³/mol. The third kappa shape index (κ3) is 19.4. The van der Waals surface area contributed by atoms with E-state index in [1.807, 2.05) is 6.07 Å². The lowest BCUT2D eigenvalue weighted by Crippen LogP contribution is -2.45. The Morgan fingerprint density at radius 2 is 1.16 bits per heavy atom. The zero-order valence-electron chi connectivity index (χ0n) is 37.6. The summed E-state index contributed by atoms with van der Waals surface area (Å²) < 4.78 is 23.0. The van der Waals surface area contributed by atoms with Crippen LogP contribution in [0.25, 0.3) is 0 Å². The number of aryl methyl sites for hydroxylation is 1. The molecule has 5 nitrogen and oxygen atoms in total. The molecule has 0 radical (unpaired) electrons. The summed E-state index contributed by atoms with van der Waals surface area (Å²) in [6.45, 7) is 27.4. The van der Waals surface area contributed by atoms with Gasteiger partial charge in [0.1, 0.15) is 0 Å². The Kier molecular flexibility index (Phi) is 19.2. The van der Waals surface area contributed by atoms with Gasteiger partial charge in [-0.3, -0.25) is 4.90 Å². The van der Waals surface area contributed by atoms with Crippen LogP contribution in [0.3, 0.4) is 0 Å². The van der Waals surface area contributed by atoms with Gasteiger partial charge in [0, 0.05) is 34.4 Å². The van der Waals surface area contributed by atoms with Crippen LogP contribution in [-0.4, -0.2) is 53.8 Å². The van der Waals surface area contributed by atoms with Gasteiger partial charge in [-0.15, -0.1) is 0 Å². The summed E-state index contributed by atoms with van der Waals surface area (Å²) in [7, 11) is -0.903. The summed E-state index contributed by atoms with van der Waals surface area (Å²) >= 11 is 0. The number of sulfone groups is 1. The lowest BCUT2D eigenvalue weighted by molar-refractivity contribution is 0.0912. The van der Waals surface area contributed by atoms with Gasteiger partial charge >= 0.3 is 0 Å². The number of rotatable bonds is 6. The second kappa shape index (κ2) is 21.7. The van der Waals surface area contributed by atoms with Gasteiger partial charge in [-0.1, -0.05) is 79.9 Å². The molecule has 0 heterocycles. The van der Waals surface area contributed by atoms with Crippen LogP contribution in [0.5, 0.6) is 0 Å². The minimum absolute atomic E-state index is 0.147. The highest BCUT2D eigenvalue weighted by atomic mass is 32.2. The molecule has 0 atom stereocenters. The van der Waals surface area contributed by atoms with Gasteiger partial charge < -0.3 is 10.6 Å². The molecule has 5 rings (SSSR count). The van der Waals surface area contributed by atoms with Crippen LogP contribution < -0.4 is 10.6 Å². The van der Waals surface area contributed by atoms with Crippen LogP contribution in [0.15, 0.2) is 89.8 Å². The fourth-order valence-corrected chi connectivity index (χ4v) is 8.42. The van der Waals surface area contributed by atoms with Crippen LogP contribution >= 0.6 is 0 Å². The summed E-state index contributed by atoms with van der Waals surface area (Å²) in [6, 6.07) is 29.5. The van der Waals surface area contributed by atoms with Crippen LogP contribution in [0.1, 0.15) is 152 Å². The highest BCUT2D eigenvalue weighted by Crippen LogP contribution is 2.29. The van der Waals surface area contributed by atoms with Gasteiger partial charge in [-0.25, -0.2) is 8.42 Å². The summed E-state index contributed by atoms with van der Waals surface area (Å²) in [5.41, 5.74) is 4.75. The molecule has 2 aliphatic carbocycles. The maximum atomic E-state index is 11.9. The third-order valence-corrected chi connectivity index (χ3v) is 12.9. The van der Waals surface area contributed by atoms with E-state index in [4.69, 9.17) is 0 Å². The van der Waals surface area contributed by atoms with Gasteiger partial charge in [-0.05, 0) is 183 Å². The van der Waals surface area contributed by atoms with Gasteiger partial charge in [0.25, 0.3) is 0 Å². The Balaban J connectivity index is 0.000000258. The van der Waals surface area contributed by atoms with Crippen molar-refractivity contribution in [2.24, 2.45) is 5.92 Å². The lowest BCUT2D eigenvalue weighted by atomic mass is 9.82. The summed E-state index contributed by atoms with van der Waals surface area (Å²) in [6.07, 6.45) is 13.9. The van der Waals surface area contributed by atoms with Crippen LogP contribution in [0.2, 0.25) is 0 Å². The lowest BCUT2D eigenvalue weighted by Gasteiger charge is -2.40. The smallest absolute Gasteiger partial charge is 0.183 e. The average molecular weight is 776 g/mol. The van der Waals surface area contributed by atoms with Crippen molar-refractivity contribution in [3.63, 3.8) is 0 Å².